The average Bonchev–Trinajstić information content (AvgIpc) is 3.07. The van der Waals surface area contributed by atoms with Crippen LogP contribution in [0.3, 0.4) is 0 Å². The highest BCUT2D eigenvalue weighted by Gasteiger charge is 2.28. The number of benzene rings is 1. The standard InChI is InChI=1S/C36H53N9O/c1-29-6-5-14-42(3)35-10-9-31(25-38-35)34-11-13-37-36(40-34)39-32-8-4-7-30(24-32)26-45-21-20-44(15-12-29)27-33(45)28-46-23-22-43-18-16-41(2)17-19-43/h4,7-11,13,24-25,29,33H,5-6,12,14-23,26-28H2,1-3H3,(H,37,39,40). The number of piperazine rings is 2. The van der Waals surface area contributed by atoms with Gasteiger partial charge in [-0.3, -0.25) is 9.80 Å². The molecule has 8 heterocycles. The van der Waals surface area contributed by atoms with Crippen LogP contribution in [-0.2, 0) is 11.3 Å². The molecule has 10 nitrogen and oxygen atoms in total. The van der Waals surface area contributed by atoms with Crippen molar-refractivity contribution in [3.8, 4) is 11.3 Å². The maximum Gasteiger partial charge on any atom is 0.227 e. The third kappa shape index (κ3) is 9.23. The van der Waals surface area contributed by atoms with Crippen LogP contribution in [0.25, 0.3) is 11.3 Å². The van der Waals surface area contributed by atoms with Crippen LogP contribution in [0.2, 0.25) is 0 Å². The summed E-state index contributed by atoms with van der Waals surface area (Å²) in [5.74, 6) is 2.28. The zero-order chi connectivity index (χ0) is 31.7. The van der Waals surface area contributed by atoms with Crippen molar-refractivity contribution in [1.29, 1.82) is 0 Å². The highest BCUT2D eigenvalue weighted by Crippen LogP contribution is 2.24. The zero-order valence-corrected chi connectivity index (χ0v) is 28.2. The first-order valence-corrected chi connectivity index (χ1v) is 17.3. The first-order chi connectivity index (χ1) is 22.5. The lowest BCUT2D eigenvalue weighted by Gasteiger charge is -2.42. The second-order valence-electron chi connectivity index (χ2n) is 13.6. The summed E-state index contributed by atoms with van der Waals surface area (Å²) in [6.07, 6.45) is 7.36. The molecule has 2 aromatic heterocycles. The van der Waals surface area contributed by atoms with E-state index in [4.69, 9.17) is 14.7 Å². The molecule has 6 aliphatic rings. The Labute approximate surface area is 275 Å². The molecule has 0 aliphatic carbocycles. The van der Waals surface area contributed by atoms with E-state index < -0.39 is 0 Å². The minimum Gasteiger partial charge on any atom is -0.378 e. The van der Waals surface area contributed by atoms with Crippen molar-refractivity contribution in [2.24, 2.45) is 5.92 Å². The van der Waals surface area contributed by atoms with Gasteiger partial charge < -0.3 is 24.8 Å². The van der Waals surface area contributed by atoms with Gasteiger partial charge >= 0.3 is 0 Å². The van der Waals surface area contributed by atoms with E-state index in [1.54, 1.807) is 0 Å². The first-order valence-electron chi connectivity index (χ1n) is 17.3. The fourth-order valence-corrected chi connectivity index (χ4v) is 6.80. The predicted octanol–water partition coefficient (Wildman–Crippen LogP) is 4.29. The van der Waals surface area contributed by atoms with Crippen LogP contribution in [0, 0.1) is 5.92 Å². The van der Waals surface area contributed by atoms with Crippen LogP contribution in [0.4, 0.5) is 17.5 Å². The number of aromatic nitrogens is 3. The maximum absolute atomic E-state index is 6.41. The molecule has 8 bridgehead atoms. The van der Waals surface area contributed by atoms with Gasteiger partial charge in [-0.2, -0.15) is 0 Å². The monoisotopic (exact) mass is 627 g/mol. The third-order valence-electron chi connectivity index (χ3n) is 9.93. The summed E-state index contributed by atoms with van der Waals surface area (Å²) in [6, 6.07) is 15.2. The van der Waals surface area contributed by atoms with Crippen molar-refractivity contribution < 1.29 is 4.74 Å². The highest BCUT2D eigenvalue weighted by atomic mass is 16.5. The highest BCUT2D eigenvalue weighted by molar-refractivity contribution is 5.62. The summed E-state index contributed by atoms with van der Waals surface area (Å²) in [4.78, 5) is 26.6. The number of anilines is 3. The van der Waals surface area contributed by atoms with E-state index in [9.17, 15) is 0 Å². The second kappa shape index (κ2) is 16.1. The average molecular weight is 628 g/mol. The van der Waals surface area contributed by atoms with Gasteiger partial charge in [0.1, 0.15) is 5.82 Å². The molecule has 0 amide bonds. The summed E-state index contributed by atoms with van der Waals surface area (Å²) in [7, 11) is 4.35. The molecule has 0 radical (unpaired) electrons. The molecule has 3 aromatic rings. The molecular formula is C36H53N9O. The van der Waals surface area contributed by atoms with Crippen LogP contribution >= 0.6 is 0 Å². The molecule has 1 N–H and O–H groups in total. The molecule has 0 saturated carbocycles. The minimum atomic E-state index is 0.375. The zero-order valence-electron chi connectivity index (χ0n) is 28.2. The lowest BCUT2D eigenvalue weighted by molar-refractivity contribution is -0.00267. The summed E-state index contributed by atoms with van der Waals surface area (Å²) < 4.78 is 6.41. The van der Waals surface area contributed by atoms with Gasteiger partial charge in [0.15, 0.2) is 0 Å². The molecule has 0 spiro atoms. The van der Waals surface area contributed by atoms with Gasteiger partial charge in [-0.25, -0.2) is 15.0 Å². The largest absolute Gasteiger partial charge is 0.378 e. The fraction of sp³-hybridized carbons (Fsp3) is 0.583. The van der Waals surface area contributed by atoms with Crippen molar-refractivity contribution in [2.75, 3.05) is 103 Å². The normalized spacial score (nSPS) is 25.3. The Hall–Kier alpha value is -3.15. The number of rotatable bonds is 5. The summed E-state index contributed by atoms with van der Waals surface area (Å²) >= 11 is 0. The number of nitrogens with one attached hydrogen (secondary N) is 1. The van der Waals surface area contributed by atoms with Gasteiger partial charge in [0.05, 0.1) is 18.9 Å². The van der Waals surface area contributed by atoms with Gasteiger partial charge in [-0.1, -0.05) is 19.1 Å². The maximum atomic E-state index is 6.41. The fourth-order valence-electron chi connectivity index (χ4n) is 6.80. The first kappa shape index (κ1) is 32.8. The van der Waals surface area contributed by atoms with Crippen LogP contribution in [0.1, 0.15) is 31.7 Å². The van der Waals surface area contributed by atoms with Crippen molar-refractivity contribution in [3.05, 3.63) is 60.4 Å². The lowest BCUT2D eigenvalue weighted by atomic mass is 10.0. The van der Waals surface area contributed by atoms with Crippen LogP contribution in [0.5, 0.6) is 0 Å². The van der Waals surface area contributed by atoms with E-state index in [0.29, 0.717) is 17.9 Å². The lowest BCUT2D eigenvalue weighted by Crippen LogP contribution is -2.54. The Morgan fingerprint density at radius 1 is 0.913 bits per heavy atom. The molecule has 46 heavy (non-hydrogen) atoms. The second-order valence-corrected chi connectivity index (χ2v) is 13.6. The Morgan fingerprint density at radius 3 is 2.65 bits per heavy atom. The molecule has 2 fully saturated rings. The Morgan fingerprint density at radius 2 is 1.80 bits per heavy atom. The number of ether oxygens (including phenoxy) is 1. The van der Waals surface area contributed by atoms with Crippen molar-refractivity contribution in [2.45, 2.75) is 38.8 Å². The van der Waals surface area contributed by atoms with Crippen molar-refractivity contribution in [1.82, 2.24) is 34.6 Å². The molecule has 10 heteroatoms. The van der Waals surface area contributed by atoms with E-state index in [1.807, 2.05) is 18.5 Å². The van der Waals surface area contributed by atoms with E-state index >= 15 is 0 Å². The molecule has 248 valence electrons. The van der Waals surface area contributed by atoms with Gasteiger partial charge in [0, 0.05) is 102 Å². The van der Waals surface area contributed by atoms with Crippen LogP contribution in [-0.4, -0.2) is 133 Å². The van der Waals surface area contributed by atoms with E-state index in [1.165, 1.54) is 18.4 Å². The van der Waals surface area contributed by atoms with Gasteiger partial charge in [-0.15, -0.1) is 0 Å². The Bertz CT molecular complexity index is 1360. The Balaban J connectivity index is 1.16. The van der Waals surface area contributed by atoms with Gasteiger partial charge in [0.25, 0.3) is 0 Å². The van der Waals surface area contributed by atoms with Gasteiger partial charge in [0.2, 0.25) is 5.95 Å². The molecule has 2 saturated heterocycles. The van der Waals surface area contributed by atoms with Crippen LogP contribution in [0.15, 0.2) is 54.9 Å². The molecule has 6 aliphatic heterocycles. The smallest absolute Gasteiger partial charge is 0.227 e. The number of hydrogen-bond acceptors (Lipinski definition) is 10. The SMILES string of the molecule is CC1CCCN(C)c2ccc(cn2)-c2ccnc(n2)Nc2cccc(c2)CN2CCN(CC1)CC2COCCN1CCN(C)CC1. The number of hydrogen-bond donors (Lipinski definition) is 1. The summed E-state index contributed by atoms with van der Waals surface area (Å²) in [5.41, 5.74) is 4.12. The van der Waals surface area contributed by atoms with Crippen molar-refractivity contribution >= 4 is 17.5 Å². The summed E-state index contributed by atoms with van der Waals surface area (Å²) in [5, 5.41) is 3.45. The molecule has 9 rings (SSSR count). The number of pyridine rings is 1. The van der Waals surface area contributed by atoms with E-state index in [-0.39, 0.29) is 0 Å². The number of likely N-dealkylation sites (N-methyl/N-ethyl adjacent to an activating group) is 1. The van der Waals surface area contributed by atoms with Crippen molar-refractivity contribution in [3.63, 3.8) is 0 Å². The molecular weight excluding hydrogens is 574 g/mol. The summed E-state index contributed by atoms with van der Waals surface area (Å²) in [6.45, 7) is 15.9. The minimum absolute atomic E-state index is 0.375. The topological polar surface area (TPSA) is 76.1 Å². The third-order valence-corrected chi connectivity index (χ3v) is 9.93. The van der Waals surface area contributed by atoms with E-state index in [0.717, 1.165) is 114 Å². The molecule has 4 atom stereocenters. The quantitative estimate of drug-likeness (QED) is 0.414. The van der Waals surface area contributed by atoms with E-state index in [2.05, 4.69) is 92.2 Å². The molecule has 4 unspecified atom stereocenters. The number of nitrogens with zero attached hydrogens (tertiary/aromatic N) is 8. The molecule has 1 aromatic carbocycles. The predicted molar refractivity (Wildman–Crippen MR) is 187 cm³/mol. The van der Waals surface area contributed by atoms with Crippen LogP contribution < -0.4 is 10.2 Å². The Kier molecular flexibility index (Phi) is 11.5. The van der Waals surface area contributed by atoms with Gasteiger partial charge in [-0.05, 0) is 74.7 Å².